The fourth-order valence-electron chi connectivity index (χ4n) is 2.99. The van der Waals surface area contributed by atoms with Gasteiger partial charge in [0.05, 0.1) is 5.01 Å². The van der Waals surface area contributed by atoms with Crippen molar-refractivity contribution >= 4 is 17.1 Å². The molecule has 92 valence electrons. The highest BCUT2D eigenvalue weighted by atomic mass is 32.1. The SMILES string of the molecule is O=C1CCCc2sc(C3CCCCCC3)nc21. The number of rotatable bonds is 1. The molecule has 0 radical (unpaired) electrons. The Bertz CT molecular complexity index is 416. The third-order valence-electron chi connectivity index (χ3n) is 3.99. The summed E-state index contributed by atoms with van der Waals surface area (Å²) in [6.07, 6.45) is 10.8. The van der Waals surface area contributed by atoms with Crippen LogP contribution in [0.3, 0.4) is 0 Å². The van der Waals surface area contributed by atoms with Gasteiger partial charge in [-0.3, -0.25) is 4.79 Å². The van der Waals surface area contributed by atoms with Gasteiger partial charge in [-0.15, -0.1) is 11.3 Å². The molecule has 3 rings (SSSR count). The number of hydrogen-bond acceptors (Lipinski definition) is 3. The normalized spacial score (nSPS) is 22.2. The van der Waals surface area contributed by atoms with Crippen LogP contribution < -0.4 is 0 Å². The van der Waals surface area contributed by atoms with Gasteiger partial charge in [-0.25, -0.2) is 4.98 Å². The van der Waals surface area contributed by atoms with Crippen molar-refractivity contribution in [1.29, 1.82) is 0 Å². The zero-order valence-corrected chi connectivity index (χ0v) is 11.0. The number of hydrogen-bond donors (Lipinski definition) is 0. The molecule has 0 aliphatic heterocycles. The summed E-state index contributed by atoms with van der Waals surface area (Å²) in [6.45, 7) is 0. The van der Waals surface area contributed by atoms with E-state index in [-0.39, 0.29) is 5.78 Å². The number of fused-ring (bicyclic) bond motifs is 1. The van der Waals surface area contributed by atoms with E-state index in [4.69, 9.17) is 0 Å². The molecule has 0 atom stereocenters. The molecule has 0 aromatic carbocycles. The van der Waals surface area contributed by atoms with Crippen LogP contribution >= 0.6 is 11.3 Å². The van der Waals surface area contributed by atoms with Crippen molar-refractivity contribution in [2.24, 2.45) is 0 Å². The van der Waals surface area contributed by atoms with Crippen LogP contribution in [0.2, 0.25) is 0 Å². The van der Waals surface area contributed by atoms with Crippen molar-refractivity contribution in [1.82, 2.24) is 4.98 Å². The minimum atomic E-state index is 0.280. The van der Waals surface area contributed by atoms with Gasteiger partial charge in [0, 0.05) is 17.2 Å². The number of Topliss-reactive ketones (excluding diaryl/α,β-unsaturated/α-hetero) is 1. The lowest BCUT2D eigenvalue weighted by Crippen LogP contribution is -2.09. The van der Waals surface area contributed by atoms with E-state index in [0.717, 1.165) is 18.5 Å². The van der Waals surface area contributed by atoms with E-state index in [9.17, 15) is 4.79 Å². The Morgan fingerprint density at radius 2 is 1.76 bits per heavy atom. The van der Waals surface area contributed by atoms with Crippen molar-refractivity contribution in [2.75, 3.05) is 0 Å². The molecule has 1 aromatic heterocycles. The van der Waals surface area contributed by atoms with Crippen molar-refractivity contribution in [3.05, 3.63) is 15.6 Å². The Morgan fingerprint density at radius 1 is 1.00 bits per heavy atom. The van der Waals surface area contributed by atoms with Crippen LogP contribution in [0, 0.1) is 0 Å². The Kier molecular flexibility index (Phi) is 3.28. The van der Waals surface area contributed by atoms with E-state index in [1.165, 1.54) is 48.4 Å². The summed E-state index contributed by atoms with van der Waals surface area (Å²) < 4.78 is 0. The predicted molar refractivity (Wildman–Crippen MR) is 69.8 cm³/mol. The molecular formula is C14H19NOS. The zero-order valence-electron chi connectivity index (χ0n) is 10.2. The zero-order chi connectivity index (χ0) is 11.7. The maximum atomic E-state index is 11.8. The molecule has 0 spiro atoms. The van der Waals surface area contributed by atoms with Crippen molar-refractivity contribution in [3.63, 3.8) is 0 Å². The molecular weight excluding hydrogens is 230 g/mol. The van der Waals surface area contributed by atoms with E-state index < -0.39 is 0 Å². The third-order valence-corrected chi connectivity index (χ3v) is 5.27. The molecule has 3 heteroatoms. The van der Waals surface area contributed by atoms with Gasteiger partial charge in [-0.2, -0.15) is 0 Å². The quantitative estimate of drug-likeness (QED) is 0.701. The number of nitrogens with zero attached hydrogens (tertiary/aromatic N) is 1. The van der Waals surface area contributed by atoms with Crippen LogP contribution in [0.15, 0.2) is 0 Å². The van der Waals surface area contributed by atoms with Gasteiger partial charge in [0.25, 0.3) is 0 Å². The Morgan fingerprint density at radius 3 is 2.47 bits per heavy atom. The average molecular weight is 249 g/mol. The molecule has 0 saturated heterocycles. The lowest BCUT2D eigenvalue weighted by Gasteiger charge is -2.09. The first kappa shape index (κ1) is 11.4. The topological polar surface area (TPSA) is 30.0 Å². The van der Waals surface area contributed by atoms with Crippen molar-refractivity contribution < 1.29 is 4.79 Å². The standard InChI is InChI=1S/C14H19NOS/c16-11-8-5-9-12-13(11)15-14(17-12)10-6-3-1-2-4-7-10/h10H,1-9H2. The molecule has 0 bridgehead atoms. The maximum absolute atomic E-state index is 11.8. The molecule has 1 heterocycles. The van der Waals surface area contributed by atoms with E-state index in [2.05, 4.69) is 4.98 Å². The second-order valence-electron chi connectivity index (χ2n) is 5.29. The van der Waals surface area contributed by atoms with Gasteiger partial charge in [-0.1, -0.05) is 25.7 Å². The first-order chi connectivity index (χ1) is 8.34. The maximum Gasteiger partial charge on any atom is 0.182 e. The number of carbonyl (C=O) groups is 1. The van der Waals surface area contributed by atoms with E-state index >= 15 is 0 Å². The molecule has 2 aliphatic rings. The molecule has 2 nitrogen and oxygen atoms in total. The smallest absolute Gasteiger partial charge is 0.182 e. The summed E-state index contributed by atoms with van der Waals surface area (Å²) in [5.74, 6) is 0.920. The van der Waals surface area contributed by atoms with Gasteiger partial charge in [0.1, 0.15) is 5.69 Å². The summed E-state index contributed by atoms with van der Waals surface area (Å²) in [4.78, 5) is 17.7. The largest absolute Gasteiger partial charge is 0.292 e. The molecule has 0 N–H and O–H groups in total. The Hall–Kier alpha value is -0.700. The lowest BCUT2D eigenvalue weighted by molar-refractivity contribution is 0.0968. The molecule has 0 unspecified atom stereocenters. The monoisotopic (exact) mass is 249 g/mol. The predicted octanol–water partition coefficient (Wildman–Crippen LogP) is 4.10. The second-order valence-corrected chi connectivity index (χ2v) is 6.40. The van der Waals surface area contributed by atoms with Gasteiger partial charge >= 0.3 is 0 Å². The minimum Gasteiger partial charge on any atom is -0.292 e. The molecule has 17 heavy (non-hydrogen) atoms. The molecule has 1 fully saturated rings. The van der Waals surface area contributed by atoms with Crippen LogP contribution in [0.4, 0.5) is 0 Å². The fourth-order valence-corrected chi connectivity index (χ4v) is 4.28. The number of carbonyl (C=O) groups excluding carboxylic acids is 1. The Balaban J connectivity index is 1.85. The first-order valence-corrected chi connectivity index (χ1v) is 7.69. The molecule has 0 amide bonds. The summed E-state index contributed by atoms with van der Waals surface area (Å²) >= 11 is 1.82. The molecule has 2 aliphatic carbocycles. The average Bonchev–Trinajstić information content (AvgIpc) is 2.59. The van der Waals surface area contributed by atoms with Gasteiger partial charge in [0.15, 0.2) is 5.78 Å². The van der Waals surface area contributed by atoms with Crippen molar-refractivity contribution in [3.8, 4) is 0 Å². The number of aryl methyl sites for hydroxylation is 1. The van der Waals surface area contributed by atoms with Crippen molar-refractivity contribution in [2.45, 2.75) is 63.7 Å². The highest BCUT2D eigenvalue weighted by molar-refractivity contribution is 7.12. The summed E-state index contributed by atoms with van der Waals surface area (Å²) in [6, 6.07) is 0. The summed E-state index contributed by atoms with van der Waals surface area (Å²) in [5.41, 5.74) is 0.820. The molecule has 1 saturated carbocycles. The minimum absolute atomic E-state index is 0.280. The highest BCUT2D eigenvalue weighted by Crippen LogP contribution is 2.36. The summed E-state index contributed by atoms with van der Waals surface area (Å²) in [5, 5.41) is 1.26. The Labute approximate surface area is 106 Å². The van der Waals surface area contributed by atoms with Crippen LogP contribution in [0.1, 0.15) is 77.7 Å². The van der Waals surface area contributed by atoms with Crippen LogP contribution in [0.25, 0.3) is 0 Å². The number of ketones is 1. The van der Waals surface area contributed by atoms with E-state index in [1.54, 1.807) is 0 Å². The van der Waals surface area contributed by atoms with E-state index in [1.807, 2.05) is 11.3 Å². The number of aromatic nitrogens is 1. The van der Waals surface area contributed by atoms with Gasteiger partial charge < -0.3 is 0 Å². The van der Waals surface area contributed by atoms with Crippen LogP contribution in [-0.4, -0.2) is 10.8 Å². The van der Waals surface area contributed by atoms with Crippen LogP contribution in [-0.2, 0) is 6.42 Å². The fraction of sp³-hybridized carbons (Fsp3) is 0.714. The lowest BCUT2D eigenvalue weighted by atomic mass is 10.0. The second kappa shape index (κ2) is 4.89. The summed E-state index contributed by atoms with van der Waals surface area (Å²) in [7, 11) is 0. The number of thiazole rings is 1. The van der Waals surface area contributed by atoms with E-state index in [0.29, 0.717) is 12.3 Å². The van der Waals surface area contributed by atoms with Crippen LogP contribution in [0.5, 0.6) is 0 Å². The highest BCUT2D eigenvalue weighted by Gasteiger charge is 2.25. The van der Waals surface area contributed by atoms with Gasteiger partial charge in [-0.05, 0) is 25.7 Å². The first-order valence-electron chi connectivity index (χ1n) is 6.87. The third kappa shape index (κ3) is 2.30. The molecule has 1 aromatic rings. The van der Waals surface area contributed by atoms with Gasteiger partial charge in [0.2, 0.25) is 0 Å².